The van der Waals surface area contributed by atoms with Crippen molar-refractivity contribution < 1.29 is 33.6 Å². The highest BCUT2D eigenvalue weighted by Crippen LogP contribution is 2.57. The number of carbonyl (C=O) groups excluding carboxylic acids is 1. The first-order valence-corrected chi connectivity index (χ1v) is 9.97. The number of piperidine rings is 1. The van der Waals surface area contributed by atoms with Crippen LogP contribution in [0.1, 0.15) is 54.4 Å². The summed E-state index contributed by atoms with van der Waals surface area (Å²) in [5.41, 5.74) is -1.10. The van der Waals surface area contributed by atoms with Crippen LogP contribution in [0.3, 0.4) is 0 Å². The largest absolute Gasteiger partial charge is 0.444 e. The number of rotatable bonds is 3. The van der Waals surface area contributed by atoms with Gasteiger partial charge in [-0.3, -0.25) is 4.90 Å². The summed E-state index contributed by atoms with van der Waals surface area (Å²) in [4.78, 5) is 14.7. The van der Waals surface area contributed by atoms with Crippen LogP contribution in [-0.2, 0) is 23.7 Å². The molecular weight excluding hydrogens is 366 g/mol. The minimum absolute atomic E-state index is 0.307. The van der Waals surface area contributed by atoms with Crippen molar-refractivity contribution in [1.29, 1.82) is 0 Å². The van der Waals surface area contributed by atoms with Gasteiger partial charge in [-0.2, -0.15) is 0 Å². The van der Waals surface area contributed by atoms with E-state index in [-0.39, 0.29) is 5.92 Å². The van der Waals surface area contributed by atoms with Gasteiger partial charge in [0.25, 0.3) is 0 Å². The molecule has 0 aromatic rings. The Morgan fingerprint density at radius 1 is 1.14 bits per heavy atom. The summed E-state index contributed by atoms with van der Waals surface area (Å²) in [5.74, 6) is -2.64. The number of aliphatic hydroxyl groups is 1. The molecule has 3 aliphatic rings. The van der Waals surface area contributed by atoms with Gasteiger partial charge in [0.2, 0.25) is 11.6 Å². The fraction of sp³-hybridized carbons (Fsp3) is 0.950. The van der Waals surface area contributed by atoms with Crippen LogP contribution in [0, 0.1) is 5.92 Å². The third-order valence-corrected chi connectivity index (χ3v) is 6.48. The number of hydrogen-bond donors (Lipinski definition) is 1. The number of likely N-dealkylation sites (tertiary alicyclic amines) is 1. The molecule has 3 rings (SSSR count). The topological polar surface area (TPSA) is 86.7 Å². The first-order chi connectivity index (χ1) is 12.8. The van der Waals surface area contributed by atoms with Gasteiger partial charge in [-0.25, -0.2) is 4.79 Å². The standard InChI is InChI=1S/C20H35NO7/c1-12(22)14-15-13(26-18(5,24-7)19(6,25-8)27-15)11-21(20(14)9-10-20)16(23)28-17(2,3)4/h12-15,22H,9-11H2,1-8H3/t12?,13-,14-,15+,18+,19+/m1/s1. The molecule has 1 saturated carbocycles. The molecule has 2 saturated heterocycles. The monoisotopic (exact) mass is 401 g/mol. The zero-order chi connectivity index (χ0) is 21.1. The summed E-state index contributed by atoms with van der Waals surface area (Å²) in [7, 11) is 3.07. The van der Waals surface area contributed by atoms with E-state index in [1.807, 2.05) is 20.8 Å². The molecule has 1 N–H and O–H groups in total. The Morgan fingerprint density at radius 3 is 2.11 bits per heavy atom. The molecule has 8 nitrogen and oxygen atoms in total. The average molecular weight is 402 g/mol. The van der Waals surface area contributed by atoms with Crippen molar-refractivity contribution in [1.82, 2.24) is 4.90 Å². The van der Waals surface area contributed by atoms with Crippen molar-refractivity contribution in [3.63, 3.8) is 0 Å². The van der Waals surface area contributed by atoms with Crippen LogP contribution in [0.5, 0.6) is 0 Å². The fourth-order valence-electron chi connectivity index (χ4n) is 4.69. The molecule has 1 unspecified atom stereocenters. The van der Waals surface area contributed by atoms with Gasteiger partial charge in [0, 0.05) is 20.1 Å². The molecule has 1 spiro atoms. The second kappa shape index (κ2) is 6.80. The van der Waals surface area contributed by atoms with Crippen LogP contribution in [-0.4, -0.2) is 77.9 Å². The van der Waals surface area contributed by atoms with Crippen molar-refractivity contribution >= 4 is 6.09 Å². The molecule has 1 aliphatic carbocycles. The number of amides is 1. The molecular formula is C20H35NO7. The van der Waals surface area contributed by atoms with Crippen molar-refractivity contribution in [2.75, 3.05) is 20.8 Å². The quantitative estimate of drug-likeness (QED) is 0.776. The highest BCUT2D eigenvalue weighted by molar-refractivity contribution is 5.70. The Balaban J connectivity index is 1.96. The van der Waals surface area contributed by atoms with E-state index in [1.54, 1.807) is 32.8 Å². The molecule has 0 radical (unpaired) electrons. The molecule has 2 heterocycles. The lowest BCUT2D eigenvalue weighted by Crippen LogP contribution is -2.74. The molecule has 2 aliphatic heterocycles. The number of ether oxygens (including phenoxy) is 5. The number of carbonyl (C=O) groups is 1. The molecule has 3 fully saturated rings. The van der Waals surface area contributed by atoms with Gasteiger partial charge in [0.1, 0.15) is 11.7 Å². The Labute approximate surface area is 167 Å². The summed E-state index contributed by atoms with van der Waals surface area (Å²) in [6, 6.07) is 0. The normalized spacial score (nSPS) is 40.8. The van der Waals surface area contributed by atoms with E-state index in [0.717, 1.165) is 12.8 Å². The lowest BCUT2D eigenvalue weighted by molar-refractivity contribution is -0.460. The van der Waals surface area contributed by atoms with E-state index < -0.39 is 47.1 Å². The number of aliphatic hydroxyl groups excluding tert-OH is 1. The molecule has 0 aromatic heterocycles. The van der Waals surface area contributed by atoms with Gasteiger partial charge in [0.15, 0.2) is 0 Å². The van der Waals surface area contributed by atoms with Crippen LogP contribution in [0.15, 0.2) is 0 Å². The van der Waals surface area contributed by atoms with E-state index in [2.05, 4.69) is 0 Å². The predicted molar refractivity (Wildman–Crippen MR) is 101 cm³/mol. The van der Waals surface area contributed by atoms with Crippen LogP contribution in [0.25, 0.3) is 0 Å². The zero-order valence-corrected chi connectivity index (χ0v) is 18.3. The van der Waals surface area contributed by atoms with Gasteiger partial charge in [0.05, 0.1) is 24.3 Å². The first-order valence-electron chi connectivity index (χ1n) is 9.97. The zero-order valence-electron chi connectivity index (χ0n) is 18.3. The Hall–Kier alpha value is -0.930. The van der Waals surface area contributed by atoms with Crippen molar-refractivity contribution in [2.24, 2.45) is 5.92 Å². The summed E-state index contributed by atoms with van der Waals surface area (Å²) in [6.07, 6.45) is -0.422. The van der Waals surface area contributed by atoms with Gasteiger partial charge >= 0.3 is 6.09 Å². The van der Waals surface area contributed by atoms with E-state index in [4.69, 9.17) is 23.7 Å². The molecule has 28 heavy (non-hydrogen) atoms. The highest BCUT2D eigenvalue weighted by atomic mass is 16.8. The molecule has 0 aromatic carbocycles. The number of hydrogen-bond acceptors (Lipinski definition) is 7. The Kier molecular flexibility index (Phi) is 5.29. The third-order valence-electron chi connectivity index (χ3n) is 6.48. The second-order valence-corrected chi connectivity index (χ2v) is 9.50. The molecule has 8 heteroatoms. The molecule has 0 bridgehead atoms. The van der Waals surface area contributed by atoms with Gasteiger partial charge in [-0.15, -0.1) is 0 Å². The van der Waals surface area contributed by atoms with Crippen LogP contribution >= 0.6 is 0 Å². The number of nitrogens with zero attached hydrogens (tertiary/aromatic N) is 1. The van der Waals surface area contributed by atoms with Crippen LogP contribution < -0.4 is 0 Å². The summed E-state index contributed by atoms with van der Waals surface area (Å²) in [5, 5.41) is 10.7. The predicted octanol–water partition coefficient (Wildman–Crippen LogP) is 2.28. The van der Waals surface area contributed by atoms with Crippen LogP contribution in [0.4, 0.5) is 4.79 Å². The summed E-state index contributed by atoms with van der Waals surface area (Å²) >= 11 is 0. The Morgan fingerprint density at radius 2 is 1.68 bits per heavy atom. The fourth-order valence-corrected chi connectivity index (χ4v) is 4.69. The minimum atomic E-state index is -1.17. The first kappa shape index (κ1) is 21.8. The third kappa shape index (κ3) is 3.33. The molecule has 1 amide bonds. The summed E-state index contributed by atoms with van der Waals surface area (Å²) < 4.78 is 29.6. The van der Waals surface area contributed by atoms with Crippen LogP contribution in [0.2, 0.25) is 0 Å². The maximum absolute atomic E-state index is 13.0. The molecule has 162 valence electrons. The van der Waals surface area contributed by atoms with Gasteiger partial charge in [-0.1, -0.05) is 0 Å². The maximum Gasteiger partial charge on any atom is 0.410 e. The highest BCUT2D eigenvalue weighted by Gasteiger charge is 2.69. The molecule has 6 atom stereocenters. The van der Waals surface area contributed by atoms with Gasteiger partial charge in [-0.05, 0) is 54.4 Å². The van der Waals surface area contributed by atoms with Crippen molar-refractivity contribution in [2.45, 2.75) is 95.4 Å². The Bertz CT molecular complexity index is 614. The van der Waals surface area contributed by atoms with E-state index in [9.17, 15) is 9.90 Å². The lowest BCUT2D eigenvalue weighted by Gasteiger charge is -2.59. The average Bonchev–Trinajstić information content (AvgIpc) is 3.34. The van der Waals surface area contributed by atoms with Crippen molar-refractivity contribution in [3.8, 4) is 0 Å². The smallest absolute Gasteiger partial charge is 0.410 e. The number of fused-ring (bicyclic) bond motifs is 1. The number of methoxy groups -OCH3 is 2. The minimum Gasteiger partial charge on any atom is -0.444 e. The summed E-state index contributed by atoms with van der Waals surface area (Å²) in [6.45, 7) is 11.1. The van der Waals surface area contributed by atoms with E-state index in [0.29, 0.717) is 6.54 Å². The van der Waals surface area contributed by atoms with Crippen molar-refractivity contribution in [3.05, 3.63) is 0 Å². The van der Waals surface area contributed by atoms with E-state index >= 15 is 0 Å². The van der Waals surface area contributed by atoms with E-state index in [1.165, 1.54) is 7.11 Å². The SMILES string of the molecule is CO[C@@]1(C)O[C@@H]2[C@@H](C(C)O)C3(CC3)N(C(=O)OC(C)(C)C)C[C@H]2O[C@]1(C)OC. The van der Waals surface area contributed by atoms with Gasteiger partial charge < -0.3 is 28.8 Å². The lowest BCUT2D eigenvalue weighted by atomic mass is 9.78. The maximum atomic E-state index is 13.0. The second-order valence-electron chi connectivity index (χ2n) is 9.50.